The van der Waals surface area contributed by atoms with Gasteiger partial charge < -0.3 is 9.55 Å². The van der Waals surface area contributed by atoms with Crippen LogP contribution in [0.5, 0.6) is 0 Å². The number of aromatic amines is 1. The van der Waals surface area contributed by atoms with Crippen molar-refractivity contribution < 1.29 is 0 Å². The van der Waals surface area contributed by atoms with Crippen molar-refractivity contribution in [2.45, 2.75) is 25.3 Å². The molecule has 0 unspecified atom stereocenters. The maximum atomic E-state index is 4.26. The van der Waals surface area contributed by atoms with Gasteiger partial charge in [0, 0.05) is 25.2 Å². The van der Waals surface area contributed by atoms with Gasteiger partial charge in [-0.3, -0.25) is 4.90 Å². The van der Waals surface area contributed by atoms with Crippen LogP contribution in [0.2, 0.25) is 0 Å². The van der Waals surface area contributed by atoms with Gasteiger partial charge in [-0.25, -0.2) is 0 Å². The van der Waals surface area contributed by atoms with Gasteiger partial charge in [0.2, 0.25) is 0 Å². The van der Waals surface area contributed by atoms with Crippen LogP contribution in [-0.4, -0.2) is 37.7 Å². The fourth-order valence-corrected chi connectivity index (χ4v) is 4.05. The van der Waals surface area contributed by atoms with Crippen molar-refractivity contribution >= 4 is 21.6 Å². The second kappa shape index (κ2) is 5.27. The number of hydrogen-bond acceptors (Lipinski definition) is 4. The summed E-state index contributed by atoms with van der Waals surface area (Å²) in [6.07, 6.45) is 4.14. The van der Waals surface area contributed by atoms with Crippen molar-refractivity contribution in [3.63, 3.8) is 0 Å². The predicted molar refractivity (Wildman–Crippen MR) is 84.4 cm³/mol. The van der Waals surface area contributed by atoms with Gasteiger partial charge >= 0.3 is 0 Å². The summed E-state index contributed by atoms with van der Waals surface area (Å²) in [6, 6.07) is 4.44. The lowest BCUT2D eigenvalue weighted by Crippen LogP contribution is -2.33. The maximum Gasteiger partial charge on any atom is 0.135 e. The van der Waals surface area contributed by atoms with Crippen molar-refractivity contribution in [3.8, 4) is 0 Å². The first-order valence-electron chi connectivity index (χ1n) is 7.41. The molecule has 0 saturated carbocycles. The average molecular weight is 301 g/mol. The summed E-state index contributed by atoms with van der Waals surface area (Å²) >= 11 is 1.80. The summed E-state index contributed by atoms with van der Waals surface area (Å²) in [6.45, 7) is 3.28. The Morgan fingerprint density at radius 1 is 1.38 bits per heavy atom. The molecular weight excluding hydrogens is 282 g/mol. The highest BCUT2D eigenvalue weighted by molar-refractivity contribution is 7.17. The second-order valence-corrected chi connectivity index (χ2v) is 6.79. The first-order valence-corrected chi connectivity index (χ1v) is 8.29. The third kappa shape index (κ3) is 2.49. The summed E-state index contributed by atoms with van der Waals surface area (Å²) in [7, 11) is 2.04. The van der Waals surface area contributed by atoms with Gasteiger partial charge in [-0.2, -0.15) is 0 Å². The second-order valence-electron chi connectivity index (χ2n) is 5.84. The third-order valence-electron chi connectivity index (χ3n) is 4.39. The van der Waals surface area contributed by atoms with E-state index in [4.69, 9.17) is 0 Å². The molecule has 4 heterocycles. The minimum atomic E-state index is 0.556. The van der Waals surface area contributed by atoms with Crippen LogP contribution in [0.3, 0.4) is 0 Å². The van der Waals surface area contributed by atoms with Gasteiger partial charge in [0.15, 0.2) is 0 Å². The first-order chi connectivity index (χ1) is 10.3. The predicted octanol–water partition coefficient (Wildman–Crippen LogP) is 2.74. The molecule has 1 aliphatic rings. The molecule has 0 spiro atoms. The van der Waals surface area contributed by atoms with Crippen molar-refractivity contribution in [3.05, 3.63) is 35.4 Å². The highest BCUT2D eigenvalue weighted by Crippen LogP contribution is 2.28. The van der Waals surface area contributed by atoms with E-state index in [1.807, 2.05) is 7.05 Å². The molecule has 6 heteroatoms. The number of likely N-dealkylation sites (tertiary alicyclic amines) is 1. The largest absolute Gasteiger partial charge is 0.357 e. The van der Waals surface area contributed by atoms with Gasteiger partial charge in [0.25, 0.3) is 0 Å². The molecule has 5 nitrogen and oxygen atoms in total. The van der Waals surface area contributed by atoms with Crippen LogP contribution in [0.1, 0.15) is 30.3 Å². The lowest BCUT2D eigenvalue weighted by atomic mass is 9.96. The minimum absolute atomic E-state index is 0.556. The summed E-state index contributed by atoms with van der Waals surface area (Å²) in [5, 5.41) is 10.4. The Kier molecular flexibility index (Phi) is 3.27. The van der Waals surface area contributed by atoms with E-state index in [1.165, 1.54) is 28.8 Å². The quantitative estimate of drug-likeness (QED) is 0.809. The third-order valence-corrected chi connectivity index (χ3v) is 5.25. The summed E-state index contributed by atoms with van der Waals surface area (Å²) in [5.41, 5.74) is 2.60. The van der Waals surface area contributed by atoms with Crippen molar-refractivity contribution in [2.75, 3.05) is 13.1 Å². The molecule has 1 saturated heterocycles. The lowest BCUT2D eigenvalue weighted by Gasteiger charge is -2.31. The molecule has 0 aromatic carbocycles. The molecule has 21 heavy (non-hydrogen) atoms. The van der Waals surface area contributed by atoms with Crippen LogP contribution in [0.25, 0.3) is 10.2 Å². The Labute approximate surface area is 127 Å². The fraction of sp³-hybridized carbons (Fsp3) is 0.467. The van der Waals surface area contributed by atoms with Crippen molar-refractivity contribution in [2.24, 2.45) is 7.05 Å². The molecule has 3 aromatic rings. The van der Waals surface area contributed by atoms with Crippen molar-refractivity contribution in [1.82, 2.24) is 24.6 Å². The summed E-state index contributed by atoms with van der Waals surface area (Å²) < 4.78 is 3.42. The minimum Gasteiger partial charge on any atom is -0.357 e. The topological polar surface area (TPSA) is 49.7 Å². The van der Waals surface area contributed by atoms with Gasteiger partial charge in [0.05, 0.1) is 10.2 Å². The zero-order valence-corrected chi connectivity index (χ0v) is 12.9. The Morgan fingerprint density at radius 2 is 2.24 bits per heavy atom. The van der Waals surface area contributed by atoms with E-state index in [0.29, 0.717) is 5.92 Å². The van der Waals surface area contributed by atoms with Crippen LogP contribution < -0.4 is 0 Å². The number of hydrogen-bond donors (Lipinski definition) is 1. The Hall–Kier alpha value is -1.66. The first kappa shape index (κ1) is 13.0. The van der Waals surface area contributed by atoms with Crippen LogP contribution in [0, 0.1) is 0 Å². The monoisotopic (exact) mass is 301 g/mol. The molecule has 1 aliphatic heterocycles. The fourth-order valence-electron chi connectivity index (χ4n) is 3.24. The Morgan fingerprint density at radius 3 is 2.95 bits per heavy atom. The summed E-state index contributed by atoms with van der Waals surface area (Å²) in [5.74, 6) is 1.69. The van der Waals surface area contributed by atoms with Crippen LogP contribution in [-0.2, 0) is 13.6 Å². The molecule has 0 amide bonds. The molecule has 1 fully saturated rings. The molecule has 0 aliphatic carbocycles. The number of nitrogens with zero attached hydrogens (tertiary/aromatic N) is 4. The van der Waals surface area contributed by atoms with Gasteiger partial charge in [-0.15, -0.1) is 21.5 Å². The molecule has 0 radical (unpaired) electrons. The molecule has 0 atom stereocenters. The molecule has 3 aromatic heterocycles. The number of aryl methyl sites for hydroxylation is 1. The number of thiophene rings is 1. The average Bonchev–Trinajstić information content (AvgIpc) is 3.16. The number of aromatic nitrogens is 4. The number of piperidine rings is 1. The van der Waals surface area contributed by atoms with E-state index < -0.39 is 0 Å². The van der Waals surface area contributed by atoms with E-state index in [1.54, 1.807) is 17.7 Å². The number of fused-ring (bicyclic) bond motifs is 1. The van der Waals surface area contributed by atoms with Gasteiger partial charge in [-0.1, -0.05) is 0 Å². The highest BCUT2D eigenvalue weighted by Gasteiger charge is 2.24. The SMILES string of the molecule is Cn1cnnc1C1CCN(Cc2cc3sccc3[nH]2)CC1. The van der Waals surface area contributed by atoms with E-state index in [0.717, 1.165) is 25.5 Å². The van der Waals surface area contributed by atoms with E-state index in [-0.39, 0.29) is 0 Å². The number of nitrogens with one attached hydrogen (secondary N) is 1. The molecule has 1 N–H and O–H groups in total. The van der Waals surface area contributed by atoms with E-state index in [9.17, 15) is 0 Å². The standard InChI is InChI=1S/C15H19N5S/c1-19-10-16-18-15(19)11-2-5-20(6-3-11)9-12-8-14-13(17-12)4-7-21-14/h4,7-8,10-11,17H,2-3,5-6,9H2,1H3. The van der Waals surface area contributed by atoms with Gasteiger partial charge in [0.1, 0.15) is 12.2 Å². The number of rotatable bonds is 3. The van der Waals surface area contributed by atoms with Crippen molar-refractivity contribution in [1.29, 1.82) is 0 Å². The molecular formula is C15H19N5S. The lowest BCUT2D eigenvalue weighted by molar-refractivity contribution is 0.199. The molecule has 0 bridgehead atoms. The van der Waals surface area contributed by atoms with E-state index in [2.05, 4.69) is 42.2 Å². The maximum absolute atomic E-state index is 4.26. The summed E-state index contributed by atoms with van der Waals surface area (Å²) in [4.78, 5) is 6.04. The highest BCUT2D eigenvalue weighted by atomic mass is 32.1. The van der Waals surface area contributed by atoms with Crippen LogP contribution in [0.4, 0.5) is 0 Å². The zero-order chi connectivity index (χ0) is 14.2. The Balaban J connectivity index is 1.39. The van der Waals surface area contributed by atoms with Gasteiger partial charge in [-0.05, 0) is 43.4 Å². The number of H-pyrrole nitrogens is 1. The normalized spacial score (nSPS) is 17.8. The van der Waals surface area contributed by atoms with Crippen LogP contribution >= 0.6 is 11.3 Å². The van der Waals surface area contributed by atoms with E-state index >= 15 is 0 Å². The smallest absolute Gasteiger partial charge is 0.135 e. The Bertz CT molecular complexity index is 704. The zero-order valence-electron chi connectivity index (χ0n) is 12.1. The molecule has 110 valence electrons. The molecule has 4 rings (SSSR count). The van der Waals surface area contributed by atoms with Crippen LogP contribution in [0.15, 0.2) is 23.8 Å².